The molecule has 37 heavy (non-hydrogen) atoms. The van der Waals surface area contributed by atoms with Crippen molar-refractivity contribution in [3.63, 3.8) is 0 Å². The highest BCUT2D eigenvalue weighted by atomic mass is 19.4. The Morgan fingerprint density at radius 1 is 1.03 bits per heavy atom. The number of alkyl halides is 3. The SMILES string of the molecule is CCc1cccc(CC)c1-c1cc(OC(C)C)c(CCN[C@H]2CCCc3ccccc32)c(C(F)(F)F)n1. The Morgan fingerprint density at radius 3 is 2.38 bits per heavy atom. The molecule has 2 aromatic carbocycles. The summed E-state index contributed by atoms with van der Waals surface area (Å²) in [7, 11) is 0. The van der Waals surface area contributed by atoms with Gasteiger partial charge in [0.2, 0.25) is 0 Å². The molecule has 0 saturated heterocycles. The third kappa shape index (κ3) is 6.18. The molecule has 1 N–H and O–H groups in total. The van der Waals surface area contributed by atoms with Crippen molar-refractivity contribution in [2.45, 2.75) is 84.5 Å². The molecule has 0 bridgehead atoms. The summed E-state index contributed by atoms with van der Waals surface area (Å²) in [5, 5.41) is 3.52. The fourth-order valence-corrected chi connectivity index (χ4v) is 5.42. The predicted octanol–water partition coefficient (Wildman–Crippen LogP) is 7.89. The highest BCUT2D eigenvalue weighted by Crippen LogP contribution is 2.40. The Kier molecular flexibility index (Phi) is 8.58. The number of hydrogen-bond donors (Lipinski definition) is 1. The summed E-state index contributed by atoms with van der Waals surface area (Å²) in [6.45, 7) is 8.11. The summed E-state index contributed by atoms with van der Waals surface area (Å²) in [4.78, 5) is 4.27. The van der Waals surface area contributed by atoms with Gasteiger partial charge in [-0.3, -0.25) is 0 Å². The van der Waals surface area contributed by atoms with Gasteiger partial charge in [0.1, 0.15) is 5.75 Å². The second kappa shape index (κ2) is 11.7. The normalized spacial score (nSPS) is 15.6. The van der Waals surface area contributed by atoms with Crippen LogP contribution in [0.15, 0.2) is 48.5 Å². The average Bonchev–Trinajstić information content (AvgIpc) is 2.87. The van der Waals surface area contributed by atoms with E-state index in [2.05, 4.69) is 22.4 Å². The summed E-state index contributed by atoms with van der Waals surface area (Å²) in [5.41, 5.74) is 4.93. The quantitative estimate of drug-likeness (QED) is 0.318. The van der Waals surface area contributed by atoms with Gasteiger partial charge in [0, 0.05) is 23.2 Å². The first-order valence-corrected chi connectivity index (χ1v) is 13.4. The van der Waals surface area contributed by atoms with Gasteiger partial charge in [-0.1, -0.05) is 56.3 Å². The minimum absolute atomic E-state index is 0.119. The van der Waals surface area contributed by atoms with Gasteiger partial charge >= 0.3 is 6.18 Å². The number of pyridine rings is 1. The lowest BCUT2D eigenvalue weighted by Crippen LogP contribution is -2.28. The molecule has 1 heterocycles. The van der Waals surface area contributed by atoms with Crippen LogP contribution in [-0.2, 0) is 31.9 Å². The zero-order chi connectivity index (χ0) is 26.6. The number of aromatic nitrogens is 1. The van der Waals surface area contributed by atoms with Gasteiger partial charge in [-0.15, -0.1) is 0 Å². The molecule has 6 heteroatoms. The van der Waals surface area contributed by atoms with Crippen molar-refractivity contribution < 1.29 is 17.9 Å². The van der Waals surface area contributed by atoms with Crippen LogP contribution in [0.1, 0.15) is 80.1 Å². The number of nitrogens with one attached hydrogen (secondary N) is 1. The minimum atomic E-state index is -4.59. The molecule has 0 radical (unpaired) electrons. The van der Waals surface area contributed by atoms with E-state index < -0.39 is 11.9 Å². The fourth-order valence-electron chi connectivity index (χ4n) is 5.42. The molecule has 1 aromatic heterocycles. The molecule has 0 aliphatic heterocycles. The van der Waals surface area contributed by atoms with E-state index in [1.807, 2.05) is 58.0 Å². The van der Waals surface area contributed by atoms with E-state index in [0.717, 1.165) is 36.0 Å². The average molecular weight is 511 g/mol. The van der Waals surface area contributed by atoms with Gasteiger partial charge in [-0.25, -0.2) is 4.98 Å². The maximum absolute atomic E-state index is 14.5. The lowest BCUT2D eigenvalue weighted by atomic mass is 9.87. The van der Waals surface area contributed by atoms with E-state index in [1.165, 1.54) is 11.1 Å². The highest BCUT2D eigenvalue weighted by molar-refractivity contribution is 5.70. The molecular weight excluding hydrogens is 473 g/mol. The number of benzene rings is 2. The van der Waals surface area contributed by atoms with Crippen molar-refractivity contribution in [3.8, 4) is 17.0 Å². The van der Waals surface area contributed by atoms with E-state index >= 15 is 0 Å². The Morgan fingerprint density at radius 2 is 1.73 bits per heavy atom. The summed E-state index contributed by atoms with van der Waals surface area (Å²) >= 11 is 0. The van der Waals surface area contributed by atoms with Crippen molar-refractivity contribution in [3.05, 3.63) is 82.0 Å². The highest BCUT2D eigenvalue weighted by Gasteiger charge is 2.38. The topological polar surface area (TPSA) is 34.1 Å². The molecule has 1 aliphatic carbocycles. The van der Waals surface area contributed by atoms with Crippen LogP contribution in [0.2, 0.25) is 0 Å². The molecule has 0 amide bonds. The van der Waals surface area contributed by atoms with Crippen LogP contribution in [0, 0.1) is 0 Å². The smallest absolute Gasteiger partial charge is 0.433 e. The molecule has 0 fully saturated rings. The Balaban J connectivity index is 1.72. The third-order valence-corrected chi connectivity index (χ3v) is 7.10. The molecule has 1 atom stereocenters. The predicted molar refractivity (Wildman–Crippen MR) is 143 cm³/mol. The molecule has 3 nitrogen and oxygen atoms in total. The molecule has 3 aromatic rings. The van der Waals surface area contributed by atoms with E-state index in [0.29, 0.717) is 25.1 Å². The third-order valence-electron chi connectivity index (χ3n) is 7.10. The summed E-state index contributed by atoms with van der Waals surface area (Å²) in [6.07, 6.45) is -0.170. The summed E-state index contributed by atoms with van der Waals surface area (Å²) in [6, 6.07) is 16.1. The van der Waals surface area contributed by atoms with Gasteiger partial charge in [-0.2, -0.15) is 13.2 Å². The first-order valence-electron chi connectivity index (χ1n) is 13.4. The van der Waals surface area contributed by atoms with Crippen molar-refractivity contribution >= 4 is 0 Å². The van der Waals surface area contributed by atoms with E-state index in [-0.39, 0.29) is 29.9 Å². The maximum atomic E-state index is 14.5. The number of aryl methyl sites for hydroxylation is 3. The molecule has 1 aliphatic rings. The number of nitrogens with zero attached hydrogens (tertiary/aromatic N) is 1. The van der Waals surface area contributed by atoms with Gasteiger partial charge < -0.3 is 10.1 Å². The number of halogens is 3. The van der Waals surface area contributed by atoms with Crippen molar-refractivity contribution in [1.82, 2.24) is 10.3 Å². The van der Waals surface area contributed by atoms with Gasteiger partial charge in [0.15, 0.2) is 5.69 Å². The number of hydrogen-bond acceptors (Lipinski definition) is 3. The minimum Gasteiger partial charge on any atom is -0.491 e. The van der Waals surface area contributed by atoms with Crippen LogP contribution in [0.4, 0.5) is 13.2 Å². The number of rotatable bonds is 9. The first-order chi connectivity index (χ1) is 17.7. The molecule has 4 rings (SSSR count). The largest absolute Gasteiger partial charge is 0.491 e. The van der Waals surface area contributed by atoms with Crippen molar-refractivity contribution in [1.29, 1.82) is 0 Å². The zero-order valence-corrected chi connectivity index (χ0v) is 22.2. The van der Waals surface area contributed by atoms with Crippen molar-refractivity contribution in [2.24, 2.45) is 0 Å². The van der Waals surface area contributed by atoms with E-state index in [4.69, 9.17) is 4.74 Å². The molecule has 0 spiro atoms. The van der Waals surface area contributed by atoms with Crippen molar-refractivity contribution in [2.75, 3.05) is 6.54 Å². The van der Waals surface area contributed by atoms with Crippen LogP contribution in [0.5, 0.6) is 5.75 Å². The van der Waals surface area contributed by atoms with Crippen LogP contribution < -0.4 is 10.1 Å². The lowest BCUT2D eigenvalue weighted by molar-refractivity contribution is -0.141. The monoisotopic (exact) mass is 510 g/mol. The Hall–Kier alpha value is -2.86. The van der Waals surface area contributed by atoms with Crippen LogP contribution in [0.3, 0.4) is 0 Å². The van der Waals surface area contributed by atoms with Gasteiger partial charge in [-0.05, 0) is 81.2 Å². The Bertz CT molecular complexity index is 1200. The van der Waals surface area contributed by atoms with Crippen LogP contribution in [-0.4, -0.2) is 17.6 Å². The zero-order valence-electron chi connectivity index (χ0n) is 22.2. The second-order valence-electron chi connectivity index (χ2n) is 10.0. The Labute approximate surface area is 218 Å². The molecular formula is C31H37F3N2O. The fraction of sp³-hybridized carbons (Fsp3) is 0.452. The molecule has 0 unspecified atom stereocenters. The summed E-state index contributed by atoms with van der Waals surface area (Å²) < 4.78 is 49.4. The molecule has 0 saturated carbocycles. The maximum Gasteiger partial charge on any atom is 0.433 e. The van der Waals surface area contributed by atoms with Crippen LogP contribution in [0.25, 0.3) is 11.3 Å². The lowest BCUT2D eigenvalue weighted by Gasteiger charge is -2.27. The summed E-state index contributed by atoms with van der Waals surface area (Å²) in [5.74, 6) is 0.270. The molecule has 198 valence electrons. The van der Waals surface area contributed by atoms with Crippen LogP contribution >= 0.6 is 0 Å². The number of ether oxygens (including phenoxy) is 1. The number of fused-ring (bicyclic) bond motifs is 1. The van der Waals surface area contributed by atoms with Gasteiger partial charge in [0.05, 0.1) is 11.8 Å². The van der Waals surface area contributed by atoms with E-state index in [9.17, 15) is 13.2 Å². The first kappa shape index (κ1) is 27.2. The van der Waals surface area contributed by atoms with E-state index in [1.54, 1.807) is 6.07 Å². The second-order valence-corrected chi connectivity index (χ2v) is 10.0. The van der Waals surface area contributed by atoms with Gasteiger partial charge in [0.25, 0.3) is 0 Å². The standard InChI is InChI=1S/C31H37F3N2O/c1-5-21-12-9-13-22(6-2)29(21)27-19-28(37-20(3)4)25(30(36-27)31(32,33)34)17-18-35-26-16-10-14-23-11-7-8-15-24(23)26/h7-9,11-13,15,19-20,26,35H,5-6,10,14,16-18H2,1-4H3/t26-/m0/s1.